The third-order valence-corrected chi connectivity index (χ3v) is 6.81. The number of hydrogen-bond acceptors (Lipinski definition) is 9. The van der Waals surface area contributed by atoms with Crippen molar-refractivity contribution in [2.75, 3.05) is 50.3 Å². The van der Waals surface area contributed by atoms with Gasteiger partial charge < -0.3 is 24.0 Å². The Labute approximate surface area is 234 Å². The summed E-state index contributed by atoms with van der Waals surface area (Å²) in [4.78, 5) is 45.3. The molecule has 3 aromatic rings. The van der Waals surface area contributed by atoms with Crippen LogP contribution in [0, 0.1) is 10.1 Å². The zero-order chi connectivity index (χ0) is 28.1. The molecule has 0 saturated carbocycles. The number of carbonyl (C=O) groups excluding carboxylic acids is 2. The van der Waals surface area contributed by atoms with Crippen molar-refractivity contribution in [3.8, 4) is 23.1 Å². The Hall–Kier alpha value is -4.42. The summed E-state index contributed by atoms with van der Waals surface area (Å²) < 4.78 is 16.5. The first-order valence-corrected chi connectivity index (χ1v) is 13.1. The highest BCUT2D eigenvalue weighted by molar-refractivity contribution is 6.29. The number of nitro groups is 1. The molecule has 0 spiro atoms. The highest BCUT2D eigenvalue weighted by Gasteiger charge is 2.26. The van der Waals surface area contributed by atoms with Gasteiger partial charge in [0.05, 0.1) is 4.92 Å². The number of hydrogen-bond donors (Lipinski definition) is 0. The van der Waals surface area contributed by atoms with Crippen LogP contribution in [0.1, 0.15) is 5.56 Å². The normalized spacial score (nSPS) is 14.6. The summed E-state index contributed by atoms with van der Waals surface area (Å²) in [6, 6.07) is 15.1. The summed E-state index contributed by atoms with van der Waals surface area (Å²) in [6.07, 6.45) is 1.10. The van der Waals surface area contributed by atoms with Gasteiger partial charge in [0.15, 0.2) is 11.5 Å². The number of halogens is 1. The molecule has 0 unspecified atom stereocenters. The fourth-order valence-electron chi connectivity index (χ4n) is 4.44. The van der Waals surface area contributed by atoms with E-state index in [2.05, 4.69) is 9.88 Å². The lowest BCUT2D eigenvalue weighted by Crippen LogP contribution is -2.51. The van der Waals surface area contributed by atoms with Crippen LogP contribution in [0.2, 0.25) is 0 Å². The summed E-state index contributed by atoms with van der Waals surface area (Å²) in [5.41, 5.74) is 1.46. The van der Waals surface area contributed by atoms with Crippen molar-refractivity contribution in [2.24, 2.45) is 0 Å². The summed E-state index contributed by atoms with van der Waals surface area (Å²) in [7, 11) is 0. The van der Waals surface area contributed by atoms with Crippen LogP contribution >= 0.6 is 11.6 Å². The van der Waals surface area contributed by atoms with Gasteiger partial charge in [0, 0.05) is 50.5 Å². The lowest BCUT2D eigenvalue weighted by atomic mass is 10.1. The molecule has 0 radical (unpaired) electrons. The average molecular weight is 568 g/mol. The lowest BCUT2D eigenvalue weighted by molar-refractivity contribution is -0.385. The van der Waals surface area contributed by atoms with Crippen LogP contribution in [0.3, 0.4) is 0 Å². The van der Waals surface area contributed by atoms with E-state index < -0.39 is 10.8 Å². The maximum Gasteiger partial charge on any atom is 0.287 e. The number of benzene rings is 2. The van der Waals surface area contributed by atoms with Crippen LogP contribution in [0.25, 0.3) is 0 Å². The number of carbonyl (C=O) groups is 2. The van der Waals surface area contributed by atoms with E-state index in [1.807, 2.05) is 18.2 Å². The van der Waals surface area contributed by atoms with E-state index in [1.54, 1.807) is 29.2 Å². The van der Waals surface area contributed by atoms with E-state index in [-0.39, 0.29) is 36.7 Å². The number of aromatic nitrogens is 1. The lowest BCUT2D eigenvalue weighted by Gasteiger charge is -2.36. The van der Waals surface area contributed by atoms with Crippen molar-refractivity contribution >= 4 is 34.8 Å². The fraction of sp³-hybridized carbons (Fsp3) is 0.296. The molecule has 0 aliphatic carbocycles. The Balaban J connectivity index is 1.16. The predicted octanol–water partition coefficient (Wildman–Crippen LogP) is 3.43. The molecule has 2 aliphatic rings. The van der Waals surface area contributed by atoms with Gasteiger partial charge >= 0.3 is 0 Å². The number of amides is 2. The first-order valence-electron chi connectivity index (χ1n) is 12.5. The van der Waals surface area contributed by atoms with E-state index in [9.17, 15) is 19.7 Å². The average Bonchev–Trinajstić information content (AvgIpc) is 3.45. The zero-order valence-corrected chi connectivity index (χ0v) is 22.2. The van der Waals surface area contributed by atoms with Crippen molar-refractivity contribution in [3.05, 3.63) is 76.5 Å². The minimum absolute atomic E-state index is 0.141. The van der Waals surface area contributed by atoms with Crippen LogP contribution in [-0.2, 0) is 16.1 Å². The Morgan fingerprint density at radius 2 is 1.77 bits per heavy atom. The van der Waals surface area contributed by atoms with Gasteiger partial charge in [0.25, 0.3) is 5.69 Å². The second kappa shape index (κ2) is 12.2. The molecule has 1 aromatic heterocycles. The van der Waals surface area contributed by atoms with Gasteiger partial charge in [0.2, 0.25) is 24.5 Å². The molecule has 40 heavy (non-hydrogen) atoms. The fourth-order valence-corrected chi connectivity index (χ4v) is 4.58. The van der Waals surface area contributed by atoms with Gasteiger partial charge in [-0.05, 0) is 42.0 Å². The SMILES string of the molecule is O=C(CN(C(=O)CCl)c1ccc(Oc2ccc([N+](=O)[O-])cn2)cc1)N1CCN(Cc2ccc3c(c2)OCO3)CC1. The molecule has 208 valence electrons. The monoisotopic (exact) mass is 567 g/mol. The van der Waals surface area contributed by atoms with Crippen molar-refractivity contribution in [1.29, 1.82) is 0 Å². The number of ether oxygens (including phenoxy) is 3. The highest BCUT2D eigenvalue weighted by atomic mass is 35.5. The number of pyridine rings is 1. The molecule has 0 N–H and O–H groups in total. The smallest absolute Gasteiger partial charge is 0.287 e. The molecule has 0 atom stereocenters. The molecule has 5 rings (SSSR count). The molecule has 3 heterocycles. The Morgan fingerprint density at radius 3 is 2.45 bits per heavy atom. The Bertz CT molecular complexity index is 1380. The van der Waals surface area contributed by atoms with Crippen LogP contribution in [0.15, 0.2) is 60.8 Å². The maximum absolute atomic E-state index is 13.1. The Kier molecular flexibility index (Phi) is 8.27. The van der Waals surface area contributed by atoms with Crippen LogP contribution in [-0.4, -0.2) is 76.9 Å². The van der Waals surface area contributed by atoms with Gasteiger partial charge in [-0.25, -0.2) is 4.98 Å². The molecule has 2 aromatic carbocycles. The first kappa shape index (κ1) is 27.2. The minimum Gasteiger partial charge on any atom is -0.454 e. The van der Waals surface area contributed by atoms with Crippen molar-refractivity contribution < 1.29 is 28.7 Å². The molecule has 13 heteroatoms. The van der Waals surface area contributed by atoms with E-state index in [0.717, 1.165) is 29.8 Å². The second-order valence-corrected chi connectivity index (χ2v) is 9.43. The molecule has 1 saturated heterocycles. The van der Waals surface area contributed by atoms with E-state index >= 15 is 0 Å². The van der Waals surface area contributed by atoms with Gasteiger partial charge in [-0.15, -0.1) is 11.6 Å². The number of anilines is 1. The summed E-state index contributed by atoms with van der Waals surface area (Å²) in [5.74, 6) is 1.24. The largest absolute Gasteiger partial charge is 0.454 e. The molecule has 2 amide bonds. The zero-order valence-electron chi connectivity index (χ0n) is 21.4. The van der Waals surface area contributed by atoms with E-state index in [4.69, 9.17) is 25.8 Å². The summed E-state index contributed by atoms with van der Waals surface area (Å²) in [6.45, 7) is 3.32. The summed E-state index contributed by atoms with van der Waals surface area (Å²) in [5, 5.41) is 10.8. The third kappa shape index (κ3) is 6.41. The number of alkyl halides is 1. The number of rotatable bonds is 9. The van der Waals surface area contributed by atoms with Gasteiger partial charge in [-0.3, -0.25) is 24.6 Å². The van der Waals surface area contributed by atoms with Crippen molar-refractivity contribution in [1.82, 2.24) is 14.8 Å². The van der Waals surface area contributed by atoms with Gasteiger partial charge in [-0.2, -0.15) is 0 Å². The van der Waals surface area contributed by atoms with Crippen LogP contribution < -0.4 is 19.1 Å². The van der Waals surface area contributed by atoms with Gasteiger partial charge in [0.1, 0.15) is 24.4 Å². The quantitative estimate of drug-likeness (QED) is 0.217. The second-order valence-electron chi connectivity index (χ2n) is 9.17. The molecule has 2 aliphatic heterocycles. The number of piperazine rings is 1. The van der Waals surface area contributed by atoms with E-state index in [1.165, 1.54) is 17.0 Å². The molecular formula is C27H26ClN5O7. The van der Waals surface area contributed by atoms with E-state index in [0.29, 0.717) is 37.6 Å². The molecule has 0 bridgehead atoms. The maximum atomic E-state index is 13.1. The number of fused-ring (bicyclic) bond motifs is 1. The van der Waals surface area contributed by atoms with Crippen LogP contribution in [0.5, 0.6) is 23.1 Å². The third-order valence-electron chi connectivity index (χ3n) is 6.58. The van der Waals surface area contributed by atoms with Crippen molar-refractivity contribution in [2.45, 2.75) is 6.54 Å². The molecular weight excluding hydrogens is 542 g/mol. The highest BCUT2D eigenvalue weighted by Crippen LogP contribution is 2.33. The van der Waals surface area contributed by atoms with Crippen molar-refractivity contribution in [3.63, 3.8) is 0 Å². The first-order chi connectivity index (χ1) is 19.4. The molecule has 12 nitrogen and oxygen atoms in total. The van der Waals surface area contributed by atoms with Gasteiger partial charge in [-0.1, -0.05) is 6.07 Å². The standard InChI is InChI=1S/C27H26ClN5O7/c28-14-26(34)32(20-2-5-22(6-3-20)40-25-8-4-21(15-29-25)33(36)37)17-27(35)31-11-9-30(10-12-31)16-19-1-7-23-24(13-19)39-18-38-23/h1-8,13,15H,9-12,14,16-18H2. The molecule has 1 fully saturated rings. The van der Waals surface area contributed by atoms with Crippen LogP contribution in [0.4, 0.5) is 11.4 Å². The minimum atomic E-state index is -0.545. The summed E-state index contributed by atoms with van der Waals surface area (Å²) >= 11 is 5.85. The Morgan fingerprint density at radius 1 is 1.02 bits per heavy atom. The predicted molar refractivity (Wildman–Crippen MR) is 145 cm³/mol. The topological polar surface area (TPSA) is 128 Å². The number of nitrogens with zero attached hydrogens (tertiary/aromatic N) is 5.